The molecule has 2 aromatic carbocycles. The van der Waals surface area contributed by atoms with Crippen LogP contribution in [-0.4, -0.2) is 14.6 Å². The van der Waals surface area contributed by atoms with Gasteiger partial charge in [0.1, 0.15) is 23.1 Å². The van der Waals surface area contributed by atoms with Gasteiger partial charge in [-0.15, -0.1) is 0 Å². The first-order valence-electron chi connectivity index (χ1n) is 8.36. The number of nitrogens with one attached hydrogen (secondary N) is 1. The van der Waals surface area contributed by atoms with Gasteiger partial charge in [0.05, 0.1) is 11.6 Å². The SMILES string of the molecule is N#Cc1cccc(-c2nn3ccc(NCc4ccccc4)nc3c2C#N)c1. The summed E-state index contributed by atoms with van der Waals surface area (Å²) < 4.78 is 1.58. The second-order valence-electron chi connectivity index (χ2n) is 5.95. The van der Waals surface area contributed by atoms with Crippen molar-refractivity contribution in [2.24, 2.45) is 0 Å². The summed E-state index contributed by atoms with van der Waals surface area (Å²) in [7, 11) is 0. The van der Waals surface area contributed by atoms with E-state index in [4.69, 9.17) is 5.26 Å². The number of hydrogen-bond acceptors (Lipinski definition) is 5. The van der Waals surface area contributed by atoms with Crippen LogP contribution in [-0.2, 0) is 6.54 Å². The van der Waals surface area contributed by atoms with Crippen LogP contribution in [0.25, 0.3) is 16.9 Å². The highest BCUT2D eigenvalue weighted by Crippen LogP contribution is 2.26. The number of hydrogen-bond donors (Lipinski definition) is 1. The Morgan fingerprint density at radius 2 is 1.81 bits per heavy atom. The Hall–Kier alpha value is -4.16. The van der Waals surface area contributed by atoms with Crippen LogP contribution in [0.1, 0.15) is 16.7 Å². The average molecular weight is 350 g/mol. The van der Waals surface area contributed by atoms with E-state index in [2.05, 4.69) is 27.5 Å². The highest BCUT2D eigenvalue weighted by Gasteiger charge is 2.16. The predicted molar refractivity (Wildman–Crippen MR) is 102 cm³/mol. The minimum atomic E-state index is 0.383. The first kappa shape index (κ1) is 16.3. The molecule has 0 saturated heterocycles. The monoisotopic (exact) mass is 350 g/mol. The van der Waals surface area contributed by atoms with Gasteiger partial charge < -0.3 is 5.32 Å². The Morgan fingerprint density at radius 1 is 0.963 bits per heavy atom. The molecule has 0 aliphatic carbocycles. The maximum absolute atomic E-state index is 9.66. The average Bonchev–Trinajstić information content (AvgIpc) is 3.11. The van der Waals surface area contributed by atoms with Crippen LogP contribution >= 0.6 is 0 Å². The number of fused-ring (bicyclic) bond motifs is 1. The Kier molecular flexibility index (Phi) is 4.22. The standard InChI is InChI=1S/C21H14N6/c22-12-16-7-4-8-17(11-16)20-18(13-23)21-25-19(9-10-27(21)26-20)24-14-15-5-2-1-3-6-15/h1-11H,14H2,(H,24,25). The van der Waals surface area contributed by atoms with Crippen molar-refractivity contribution >= 4 is 11.5 Å². The molecule has 0 bridgehead atoms. The van der Waals surface area contributed by atoms with Crippen molar-refractivity contribution in [1.29, 1.82) is 10.5 Å². The molecular weight excluding hydrogens is 336 g/mol. The van der Waals surface area contributed by atoms with Crippen molar-refractivity contribution in [3.05, 3.63) is 83.6 Å². The highest BCUT2D eigenvalue weighted by atomic mass is 15.3. The van der Waals surface area contributed by atoms with Crippen molar-refractivity contribution in [3.8, 4) is 23.4 Å². The van der Waals surface area contributed by atoms with Crippen LogP contribution in [0.3, 0.4) is 0 Å². The van der Waals surface area contributed by atoms with Gasteiger partial charge in [-0.2, -0.15) is 15.6 Å². The molecule has 0 fully saturated rings. The van der Waals surface area contributed by atoms with E-state index in [0.29, 0.717) is 34.8 Å². The molecule has 6 heteroatoms. The normalized spacial score (nSPS) is 10.3. The summed E-state index contributed by atoms with van der Waals surface area (Å²) in [6, 6.07) is 23.2. The van der Waals surface area contributed by atoms with Crippen molar-refractivity contribution in [1.82, 2.24) is 14.6 Å². The summed E-state index contributed by atoms with van der Waals surface area (Å²) in [4.78, 5) is 4.55. The Labute approximate surface area is 156 Å². The lowest BCUT2D eigenvalue weighted by Crippen LogP contribution is -2.02. The van der Waals surface area contributed by atoms with Crippen LogP contribution in [0.4, 0.5) is 5.82 Å². The fourth-order valence-electron chi connectivity index (χ4n) is 2.86. The number of nitrogens with zero attached hydrogens (tertiary/aromatic N) is 5. The molecule has 0 amide bonds. The fraction of sp³-hybridized carbons (Fsp3) is 0.0476. The second kappa shape index (κ2) is 6.99. The molecule has 128 valence electrons. The van der Waals surface area contributed by atoms with Gasteiger partial charge in [-0.25, -0.2) is 9.50 Å². The van der Waals surface area contributed by atoms with E-state index in [0.717, 1.165) is 11.1 Å². The molecule has 4 rings (SSSR count). The van der Waals surface area contributed by atoms with Gasteiger partial charge in [0.15, 0.2) is 5.65 Å². The van der Waals surface area contributed by atoms with Crippen molar-refractivity contribution in [3.63, 3.8) is 0 Å². The maximum Gasteiger partial charge on any atom is 0.175 e. The molecule has 0 aliphatic heterocycles. The van der Waals surface area contributed by atoms with Gasteiger partial charge >= 0.3 is 0 Å². The molecule has 0 spiro atoms. The molecular formula is C21H14N6. The third-order valence-electron chi connectivity index (χ3n) is 4.18. The minimum Gasteiger partial charge on any atom is -0.366 e. The molecule has 1 N–H and O–H groups in total. The van der Waals surface area contributed by atoms with E-state index < -0.39 is 0 Å². The first-order valence-corrected chi connectivity index (χ1v) is 8.36. The smallest absolute Gasteiger partial charge is 0.175 e. The largest absolute Gasteiger partial charge is 0.366 e. The third-order valence-corrected chi connectivity index (χ3v) is 4.18. The van der Waals surface area contributed by atoms with Gasteiger partial charge in [0.2, 0.25) is 0 Å². The number of rotatable bonds is 4. The topological polar surface area (TPSA) is 89.8 Å². The maximum atomic E-state index is 9.66. The van der Waals surface area contributed by atoms with Crippen LogP contribution in [0.15, 0.2) is 66.9 Å². The summed E-state index contributed by atoms with van der Waals surface area (Å²) in [5, 5.41) is 26.5. The third kappa shape index (κ3) is 3.20. The summed E-state index contributed by atoms with van der Waals surface area (Å²) in [6.45, 7) is 0.636. The molecule has 0 radical (unpaired) electrons. The summed E-state index contributed by atoms with van der Waals surface area (Å²) in [6.07, 6.45) is 1.77. The van der Waals surface area contributed by atoms with Crippen LogP contribution in [0.2, 0.25) is 0 Å². The van der Waals surface area contributed by atoms with Crippen molar-refractivity contribution in [2.45, 2.75) is 6.54 Å². The van der Waals surface area contributed by atoms with Crippen LogP contribution < -0.4 is 5.32 Å². The van der Waals surface area contributed by atoms with Gasteiger partial charge in [0, 0.05) is 18.3 Å². The number of aromatic nitrogens is 3. The molecule has 0 saturated carbocycles. The van der Waals surface area contributed by atoms with E-state index >= 15 is 0 Å². The van der Waals surface area contributed by atoms with Gasteiger partial charge in [-0.1, -0.05) is 42.5 Å². The van der Waals surface area contributed by atoms with Gasteiger partial charge in [-0.3, -0.25) is 0 Å². The zero-order chi connectivity index (χ0) is 18.6. The van der Waals surface area contributed by atoms with Crippen LogP contribution in [0, 0.1) is 22.7 Å². The van der Waals surface area contributed by atoms with Gasteiger partial charge in [-0.05, 0) is 23.8 Å². The summed E-state index contributed by atoms with van der Waals surface area (Å²) in [5.74, 6) is 0.667. The lowest BCUT2D eigenvalue weighted by atomic mass is 10.1. The molecule has 2 aromatic heterocycles. The van der Waals surface area contributed by atoms with Crippen molar-refractivity contribution < 1.29 is 0 Å². The molecule has 0 unspecified atom stereocenters. The van der Waals surface area contributed by atoms with Crippen molar-refractivity contribution in [2.75, 3.05) is 5.32 Å². The second-order valence-corrected chi connectivity index (χ2v) is 5.95. The summed E-state index contributed by atoms with van der Waals surface area (Å²) in [5.41, 5.74) is 3.76. The number of nitriles is 2. The Morgan fingerprint density at radius 3 is 2.59 bits per heavy atom. The Balaban J connectivity index is 1.71. The fourth-order valence-corrected chi connectivity index (χ4v) is 2.86. The lowest BCUT2D eigenvalue weighted by Gasteiger charge is -2.05. The molecule has 0 atom stereocenters. The van der Waals surface area contributed by atoms with E-state index in [9.17, 15) is 5.26 Å². The van der Waals surface area contributed by atoms with E-state index in [1.54, 1.807) is 28.9 Å². The molecule has 2 heterocycles. The lowest BCUT2D eigenvalue weighted by molar-refractivity contribution is 0.940. The van der Waals surface area contributed by atoms with E-state index in [1.807, 2.05) is 42.5 Å². The van der Waals surface area contributed by atoms with Crippen LogP contribution in [0.5, 0.6) is 0 Å². The molecule has 27 heavy (non-hydrogen) atoms. The van der Waals surface area contributed by atoms with E-state index in [-0.39, 0.29) is 0 Å². The van der Waals surface area contributed by atoms with Gasteiger partial charge in [0.25, 0.3) is 0 Å². The minimum absolute atomic E-state index is 0.383. The summed E-state index contributed by atoms with van der Waals surface area (Å²) >= 11 is 0. The number of benzene rings is 2. The highest BCUT2D eigenvalue weighted by molar-refractivity contribution is 5.76. The quantitative estimate of drug-likeness (QED) is 0.605. The zero-order valence-corrected chi connectivity index (χ0v) is 14.3. The molecule has 4 aromatic rings. The predicted octanol–water partition coefficient (Wildman–Crippen LogP) is 3.75. The molecule has 0 aliphatic rings. The first-order chi connectivity index (χ1) is 13.3. The number of anilines is 1. The Bertz CT molecular complexity index is 1200. The zero-order valence-electron chi connectivity index (χ0n) is 14.3. The van der Waals surface area contributed by atoms with E-state index in [1.165, 1.54) is 0 Å². The molecule has 6 nitrogen and oxygen atoms in total.